The predicted octanol–water partition coefficient (Wildman–Crippen LogP) is 1.24. The third kappa shape index (κ3) is 5.94. The van der Waals surface area contributed by atoms with E-state index in [9.17, 15) is 13.2 Å². The first-order valence-corrected chi connectivity index (χ1v) is 8.20. The van der Waals surface area contributed by atoms with E-state index < -0.39 is 15.7 Å². The minimum Gasteiger partial charge on any atom is -0.385 e. The molecule has 1 amide bonds. The summed E-state index contributed by atoms with van der Waals surface area (Å²) in [6, 6.07) is 6.76. The molecular weight excluding hydrogens is 288 g/mol. The summed E-state index contributed by atoms with van der Waals surface area (Å²) in [6.07, 6.45) is 0.486. The number of nitrogens with two attached hydrogens (primary N) is 1. The number of amides is 1. The number of carbonyl (C=O) groups excluding carboxylic acids is 1. The molecule has 0 saturated heterocycles. The highest BCUT2D eigenvalue weighted by Gasteiger charge is 2.09. The topological polar surface area (TPSA) is 89.3 Å². The number of benzene rings is 1. The van der Waals surface area contributed by atoms with Gasteiger partial charge in [0.1, 0.15) is 0 Å². The average Bonchev–Trinajstić information content (AvgIpc) is 2.35. The van der Waals surface area contributed by atoms with Crippen molar-refractivity contribution in [2.24, 2.45) is 5.73 Å². The molecule has 0 aliphatic carbocycles. The Labute approximate surface area is 118 Å². The lowest BCUT2D eigenvalue weighted by molar-refractivity contribution is 0.100. The van der Waals surface area contributed by atoms with Crippen LogP contribution in [0.25, 0.3) is 0 Å². The molecule has 0 aliphatic rings. The molecular formula is C12H17ClN2O3S. The second-order valence-corrected chi connectivity index (χ2v) is 6.75. The van der Waals surface area contributed by atoms with E-state index in [1.165, 1.54) is 0 Å². The minimum absolute atomic E-state index is 0.00567. The lowest BCUT2D eigenvalue weighted by atomic mass is 10.2. The maximum Gasteiger partial charge on any atom is 0.248 e. The number of primary amides is 1. The number of hydrogen-bond donors (Lipinski definition) is 2. The second-order valence-electron chi connectivity index (χ2n) is 4.07. The zero-order chi connectivity index (χ0) is 14.3. The van der Waals surface area contributed by atoms with E-state index in [0.717, 1.165) is 5.69 Å². The highest BCUT2D eigenvalue weighted by molar-refractivity contribution is 7.91. The Balaban J connectivity index is 2.42. The molecule has 1 aromatic carbocycles. The van der Waals surface area contributed by atoms with Crippen molar-refractivity contribution in [3.63, 3.8) is 0 Å². The van der Waals surface area contributed by atoms with Crippen LogP contribution in [0.15, 0.2) is 24.3 Å². The van der Waals surface area contributed by atoms with Crippen LogP contribution in [-0.2, 0) is 9.84 Å². The number of nitrogens with one attached hydrogen (secondary N) is 1. The Morgan fingerprint density at radius 1 is 1.32 bits per heavy atom. The number of halogens is 1. The molecule has 0 unspecified atom stereocenters. The molecule has 0 bridgehead atoms. The van der Waals surface area contributed by atoms with Crippen molar-refractivity contribution in [1.82, 2.24) is 0 Å². The zero-order valence-corrected chi connectivity index (χ0v) is 12.0. The number of alkyl halides is 1. The lowest BCUT2D eigenvalue weighted by Crippen LogP contribution is -2.15. The molecule has 5 nitrogen and oxygen atoms in total. The van der Waals surface area contributed by atoms with Crippen molar-refractivity contribution >= 4 is 33.0 Å². The third-order valence-corrected chi connectivity index (χ3v) is 4.65. The van der Waals surface area contributed by atoms with Crippen molar-refractivity contribution in [3.8, 4) is 0 Å². The molecule has 0 fully saturated rings. The summed E-state index contributed by atoms with van der Waals surface area (Å²) in [5.74, 6) is -0.266. The normalized spacial score (nSPS) is 11.2. The molecule has 0 heterocycles. The highest BCUT2D eigenvalue weighted by atomic mass is 35.5. The van der Waals surface area contributed by atoms with Gasteiger partial charge in [0.2, 0.25) is 5.91 Å². The van der Waals surface area contributed by atoms with E-state index in [2.05, 4.69) is 5.32 Å². The third-order valence-electron chi connectivity index (χ3n) is 2.50. The van der Waals surface area contributed by atoms with Gasteiger partial charge in [-0.15, -0.1) is 11.6 Å². The summed E-state index contributed by atoms with van der Waals surface area (Å²) in [6.45, 7) is 0.504. The highest BCUT2D eigenvalue weighted by Crippen LogP contribution is 2.10. The minimum atomic E-state index is -3.05. The summed E-state index contributed by atoms with van der Waals surface area (Å²) < 4.78 is 22.8. The van der Waals surface area contributed by atoms with Crippen LogP contribution in [0.2, 0.25) is 0 Å². The maximum atomic E-state index is 11.4. The number of sulfone groups is 1. The van der Waals surface area contributed by atoms with Crippen LogP contribution in [0.4, 0.5) is 5.69 Å². The molecule has 1 aromatic rings. The van der Waals surface area contributed by atoms with Crippen LogP contribution >= 0.6 is 11.6 Å². The SMILES string of the molecule is NC(=O)c1cccc(NCCCS(=O)(=O)CCCl)c1. The van der Waals surface area contributed by atoms with Gasteiger partial charge in [-0.25, -0.2) is 8.42 Å². The number of anilines is 1. The van der Waals surface area contributed by atoms with Gasteiger partial charge in [0.15, 0.2) is 9.84 Å². The standard InChI is InChI=1S/C12H17ClN2O3S/c13-5-8-19(17,18)7-2-6-15-11-4-1-3-10(9-11)12(14)16/h1,3-4,9,15H,2,5-8H2,(H2,14,16). The van der Waals surface area contributed by atoms with Crippen molar-refractivity contribution in [2.45, 2.75) is 6.42 Å². The van der Waals surface area contributed by atoms with Gasteiger partial charge in [0.05, 0.1) is 11.5 Å². The lowest BCUT2D eigenvalue weighted by Gasteiger charge is -2.07. The fraction of sp³-hybridized carbons (Fsp3) is 0.417. The number of rotatable bonds is 8. The van der Waals surface area contributed by atoms with Crippen molar-refractivity contribution in [2.75, 3.05) is 29.2 Å². The largest absolute Gasteiger partial charge is 0.385 e. The summed E-state index contributed by atoms with van der Waals surface area (Å²) in [4.78, 5) is 11.0. The smallest absolute Gasteiger partial charge is 0.248 e. The first kappa shape index (κ1) is 15.8. The fourth-order valence-corrected chi connectivity index (χ4v) is 3.26. The number of carbonyl (C=O) groups is 1. The Morgan fingerprint density at radius 3 is 2.68 bits per heavy atom. The Bertz CT molecular complexity index is 532. The predicted molar refractivity (Wildman–Crippen MR) is 77.4 cm³/mol. The van der Waals surface area contributed by atoms with Crippen LogP contribution in [0.1, 0.15) is 16.8 Å². The van der Waals surface area contributed by atoms with E-state index >= 15 is 0 Å². The van der Waals surface area contributed by atoms with Gasteiger partial charge in [-0.05, 0) is 24.6 Å². The quantitative estimate of drug-likeness (QED) is 0.558. The van der Waals surface area contributed by atoms with Crippen LogP contribution in [0.5, 0.6) is 0 Å². The molecule has 7 heteroatoms. The van der Waals surface area contributed by atoms with Crippen LogP contribution in [0, 0.1) is 0 Å². The summed E-state index contributed by atoms with van der Waals surface area (Å²) >= 11 is 5.40. The maximum absolute atomic E-state index is 11.4. The Hall–Kier alpha value is -1.27. The van der Waals surface area contributed by atoms with Crippen molar-refractivity contribution < 1.29 is 13.2 Å². The monoisotopic (exact) mass is 304 g/mol. The first-order valence-electron chi connectivity index (χ1n) is 5.85. The molecule has 0 radical (unpaired) electrons. The van der Waals surface area contributed by atoms with Crippen molar-refractivity contribution in [1.29, 1.82) is 0 Å². The van der Waals surface area contributed by atoms with Gasteiger partial charge in [0, 0.05) is 23.7 Å². The summed E-state index contributed by atoms with van der Waals surface area (Å²) in [5, 5.41) is 3.05. The van der Waals surface area contributed by atoms with E-state index in [1.807, 2.05) is 0 Å². The molecule has 19 heavy (non-hydrogen) atoms. The first-order chi connectivity index (χ1) is 8.94. The van der Waals surface area contributed by atoms with Gasteiger partial charge in [-0.1, -0.05) is 6.07 Å². The van der Waals surface area contributed by atoms with E-state index in [0.29, 0.717) is 18.5 Å². The molecule has 0 aromatic heterocycles. The van der Waals surface area contributed by atoms with E-state index in [-0.39, 0.29) is 17.4 Å². The number of hydrogen-bond acceptors (Lipinski definition) is 4. The van der Waals surface area contributed by atoms with Crippen molar-refractivity contribution in [3.05, 3.63) is 29.8 Å². The molecule has 0 saturated carbocycles. The van der Waals surface area contributed by atoms with Crippen LogP contribution in [0.3, 0.4) is 0 Å². The zero-order valence-electron chi connectivity index (χ0n) is 10.4. The molecule has 0 aliphatic heterocycles. The molecule has 1 rings (SSSR count). The van der Waals surface area contributed by atoms with Gasteiger partial charge in [-0.2, -0.15) is 0 Å². The average molecular weight is 305 g/mol. The second kappa shape index (κ2) is 7.35. The molecule has 106 valence electrons. The molecule has 0 atom stereocenters. The van der Waals surface area contributed by atoms with Crippen LogP contribution in [-0.4, -0.2) is 38.3 Å². The summed E-state index contributed by atoms with van der Waals surface area (Å²) in [7, 11) is -3.05. The van der Waals surface area contributed by atoms with E-state index in [1.54, 1.807) is 24.3 Å². The van der Waals surface area contributed by atoms with Crippen LogP contribution < -0.4 is 11.1 Å². The van der Waals surface area contributed by atoms with E-state index in [4.69, 9.17) is 17.3 Å². The van der Waals surface area contributed by atoms with Gasteiger partial charge in [0.25, 0.3) is 0 Å². The fourth-order valence-electron chi connectivity index (χ4n) is 1.53. The Kier molecular flexibility index (Phi) is 6.11. The van der Waals surface area contributed by atoms with Gasteiger partial charge >= 0.3 is 0 Å². The van der Waals surface area contributed by atoms with Gasteiger partial charge < -0.3 is 11.1 Å². The van der Waals surface area contributed by atoms with Gasteiger partial charge in [-0.3, -0.25) is 4.79 Å². The Morgan fingerprint density at radius 2 is 2.05 bits per heavy atom. The molecule has 3 N–H and O–H groups in total. The molecule has 0 spiro atoms. The summed E-state index contributed by atoms with van der Waals surface area (Å²) in [5.41, 5.74) is 6.33.